The van der Waals surface area contributed by atoms with Crippen LogP contribution in [0.5, 0.6) is 0 Å². The highest BCUT2D eigenvalue weighted by atomic mass is 16.2. The topological polar surface area (TPSA) is 35.6 Å². The molecule has 1 aromatic carbocycles. The van der Waals surface area contributed by atoms with Crippen LogP contribution in [0.3, 0.4) is 0 Å². The van der Waals surface area contributed by atoms with Gasteiger partial charge in [-0.1, -0.05) is 42.7 Å². The molecule has 1 N–H and O–H groups in total. The number of hydrogen-bond acceptors (Lipinski definition) is 2. The summed E-state index contributed by atoms with van der Waals surface area (Å²) in [4.78, 5) is 16.7. The van der Waals surface area contributed by atoms with Crippen molar-refractivity contribution in [1.82, 2.24) is 15.1 Å². The zero-order chi connectivity index (χ0) is 15.4. The van der Waals surface area contributed by atoms with Crippen molar-refractivity contribution in [3.63, 3.8) is 0 Å². The molecule has 0 unspecified atom stereocenters. The first-order valence-corrected chi connectivity index (χ1v) is 8.54. The molecule has 2 amide bonds. The predicted octanol–water partition coefficient (Wildman–Crippen LogP) is 2.76. The van der Waals surface area contributed by atoms with Crippen molar-refractivity contribution in [3.05, 3.63) is 35.4 Å². The summed E-state index contributed by atoms with van der Waals surface area (Å²) in [5.74, 6) is 0. The first kappa shape index (κ1) is 15.3. The van der Waals surface area contributed by atoms with Crippen LogP contribution in [0.4, 0.5) is 4.79 Å². The van der Waals surface area contributed by atoms with Gasteiger partial charge in [0.2, 0.25) is 0 Å². The maximum absolute atomic E-state index is 12.3. The number of hydrogen-bond donors (Lipinski definition) is 1. The van der Waals surface area contributed by atoms with Gasteiger partial charge in [-0.05, 0) is 25.3 Å². The fraction of sp³-hybridized carbons (Fsp3) is 0.611. The Morgan fingerprint density at radius 2 is 1.73 bits per heavy atom. The standard InChI is InChI=1S/C18H27N3O/c1-15-6-8-16(9-7-15)14-20-10-12-21(13-11-20)18(22)19-17-4-2-3-5-17/h6-9,17H,2-5,10-14H2,1H3,(H,19,22). The van der Waals surface area contributed by atoms with Gasteiger partial charge in [0.15, 0.2) is 0 Å². The van der Waals surface area contributed by atoms with E-state index in [1.807, 2.05) is 4.90 Å². The van der Waals surface area contributed by atoms with Crippen molar-refractivity contribution < 1.29 is 4.79 Å². The van der Waals surface area contributed by atoms with Crippen molar-refractivity contribution in [2.45, 2.75) is 45.2 Å². The number of piperazine rings is 1. The number of carbonyl (C=O) groups is 1. The molecule has 1 saturated carbocycles. The van der Waals surface area contributed by atoms with Crippen molar-refractivity contribution in [3.8, 4) is 0 Å². The van der Waals surface area contributed by atoms with E-state index in [1.165, 1.54) is 24.0 Å². The third kappa shape index (κ3) is 4.01. The Hall–Kier alpha value is -1.55. The summed E-state index contributed by atoms with van der Waals surface area (Å²) in [7, 11) is 0. The van der Waals surface area contributed by atoms with Crippen LogP contribution in [0.25, 0.3) is 0 Å². The molecule has 1 aliphatic carbocycles. The molecule has 2 fully saturated rings. The van der Waals surface area contributed by atoms with Gasteiger partial charge in [-0.3, -0.25) is 4.90 Å². The summed E-state index contributed by atoms with van der Waals surface area (Å²) < 4.78 is 0. The number of rotatable bonds is 3. The van der Waals surface area contributed by atoms with Crippen LogP contribution < -0.4 is 5.32 Å². The highest BCUT2D eigenvalue weighted by Gasteiger charge is 2.24. The molecule has 1 aliphatic heterocycles. The van der Waals surface area contributed by atoms with Crippen LogP contribution in [0.15, 0.2) is 24.3 Å². The number of benzene rings is 1. The van der Waals surface area contributed by atoms with E-state index in [0.29, 0.717) is 6.04 Å². The van der Waals surface area contributed by atoms with Gasteiger partial charge in [-0.15, -0.1) is 0 Å². The molecule has 22 heavy (non-hydrogen) atoms. The number of carbonyl (C=O) groups excluding carboxylic acids is 1. The Balaban J connectivity index is 1.43. The highest BCUT2D eigenvalue weighted by molar-refractivity contribution is 5.74. The SMILES string of the molecule is Cc1ccc(CN2CCN(C(=O)NC3CCCC3)CC2)cc1. The van der Waals surface area contributed by atoms with E-state index in [4.69, 9.17) is 0 Å². The number of aryl methyl sites for hydroxylation is 1. The zero-order valence-electron chi connectivity index (χ0n) is 13.6. The Morgan fingerprint density at radius 3 is 2.36 bits per heavy atom. The van der Waals surface area contributed by atoms with E-state index in [-0.39, 0.29) is 6.03 Å². The molecule has 4 nitrogen and oxygen atoms in total. The van der Waals surface area contributed by atoms with Gasteiger partial charge in [-0.25, -0.2) is 4.79 Å². The van der Waals surface area contributed by atoms with Gasteiger partial charge in [0.25, 0.3) is 0 Å². The maximum Gasteiger partial charge on any atom is 0.317 e. The second-order valence-electron chi connectivity index (χ2n) is 6.68. The van der Waals surface area contributed by atoms with E-state index >= 15 is 0 Å². The van der Waals surface area contributed by atoms with Crippen molar-refractivity contribution in [2.24, 2.45) is 0 Å². The lowest BCUT2D eigenvalue weighted by atomic mass is 10.1. The third-order valence-corrected chi connectivity index (χ3v) is 4.87. The van der Waals surface area contributed by atoms with Gasteiger partial charge in [0.1, 0.15) is 0 Å². The van der Waals surface area contributed by atoms with Gasteiger partial charge in [0, 0.05) is 38.8 Å². The summed E-state index contributed by atoms with van der Waals surface area (Å²) in [6.07, 6.45) is 4.82. The minimum Gasteiger partial charge on any atom is -0.335 e. The lowest BCUT2D eigenvalue weighted by Gasteiger charge is -2.35. The lowest BCUT2D eigenvalue weighted by Crippen LogP contribution is -2.52. The van der Waals surface area contributed by atoms with Crippen LogP contribution in [0.2, 0.25) is 0 Å². The molecule has 1 aromatic rings. The molecule has 3 rings (SSSR count). The fourth-order valence-corrected chi connectivity index (χ4v) is 3.40. The monoisotopic (exact) mass is 301 g/mol. The van der Waals surface area contributed by atoms with Crippen LogP contribution in [-0.4, -0.2) is 48.1 Å². The summed E-state index contributed by atoms with van der Waals surface area (Å²) in [6.45, 7) is 6.70. The van der Waals surface area contributed by atoms with Crippen LogP contribution >= 0.6 is 0 Å². The molecule has 1 saturated heterocycles. The van der Waals surface area contributed by atoms with E-state index in [0.717, 1.165) is 45.6 Å². The lowest BCUT2D eigenvalue weighted by molar-refractivity contribution is 0.133. The van der Waals surface area contributed by atoms with E-state index in [9.17, 15) is 4.79 Å². The largest absolute Gasteiger partial charge is 0.335 e. The molecule has 0 bridgehead atoms. The van der Waals surface area contributed by atoms with Gasteiger partial charge in [0.05, 0.1) is 0 Å². The number of nitrogens with zero attached hydrogens (tertiary/aromatic N) is 2. The molecule has 0 radical (unpaired) electrons. The van der Waals surface area contributed by atoms with Gasteiger partial charge < -0.3 is 10.2 Å². The molecule has 4 heteroatoms. The Bertz CT molecular complexity index is 486. The zero-order valence-corrected chi connectivity index (χ0v) is 13.6. The average molecular weight is 301 g/mol. The summed E-state index contributed by atoms with van der Waals surface area (Å²) in [5.41, 5.74) is 2.66. The number of amides is 2. The second-order valence-corrected chi connectivity index (χ2v) is 6.68. The minimum absolute atomic E-state index is 0.141. The second kappa shape index (κ2) is 7.14. The van der Waals surface area contributed by atoms with E-state index in [1.54, 1.807) is 0 Å². The number of urea groups is 1. The Morgan fingerprint density at radius 1 is 1.09 bits per heavy atom. The highest BCUT2D eigenvalue weighted by Crippen LogP contribution is 2.18. The smallest absolute Gasteiger partial charge is 0.317 e. The Labute approximate surface area is 133 Å². The first-order chi connectivity index (χ1) is 10.7. The summed E-state index contributed by atoms with van der Waals surface area (Å²) in [5, 5.41) is 3.19. The minimum atomic E-state index is 0.141. The number of nitrogens with one attached hydrogen (secondary N) is 1. The predicted molar refractivity (Wildman–Crippen MR) is 88.8 cm³/mol. The Kier molecular flexibility index (Phi) is 4.98. The molecule has 2 aliphatic rings. The molecular weight excluding hydrogens is 274 g/mol. The summed E-state index contributed by atoms with van der Waals surface area (Å²) >= 11 is 0. The van der Waals surface area contributed by atoms with Crippen molar-refractivity contribution in [2.75, 3.05) is 26.2 Å². The van der Waals surface area contributed by atoms with Crippen molar-refractivity contribution >= 4 is 6.03 Å². The molecule has 0 aromatic heterocycles. The van der Waals surface area contributed by atoms with Crippen LogP contribution in [0, 0.1) is 6.92 Å². The molecular formula is C18H27N3O. The summed E-state index contributed by atoms with van der Waals surface area (Å²) in [6, 6.07) is 9.30. The first-order valence-electron chi connectivity index (χ1n) is 8.54. The van der Waals surface area contributed by atoms with Gasteiger partial charge in [-0.2, -0.15) is 0 Å². The fourth-order valence-electron chi connectivity index (χ4n) is 3.40. The van der Waals surface area contributed by atoms with Gasteiger partial charge >= 0.3 is 6.03 Å². The van der Waals surface area contributed by atoms with Crippen LogP contribution in [-0.2, 0) is 6.54 Å². The quantitative estimate of drug-likeness (QED) is 0.932. The maximum atomic E-state index is 12.3. The van der Waals surface area contributed by atoms with Crippen molar-refractivity contribution in [1.29, 1.82) is 0 Å². The molecule has 0 atom stereocenters. The average Bonchev–Trinajstić information content (AvgIpc) is 3.03. The molecule has 120 valence electrons. The normalized spacial score (nSPS) is 20.3. The van der Waals surface area contributed by atoms with E-state index in [2.05, 4.69) is 41.4 Å². The molecule has 0 spiro atoms. The van der Waals surface area contributed by atoms with Crippen LogP contribution in [0.1, 0.15) is 36.8 Å². The third-order valence-electron chi connectivity index (χ3n) is 4.87. The molecule has 1 heterocycles. The van der Waals surface area contributed by atoms with E-state index < -0.39 is 0 Å².